The number of H-pyrrole nitrogens is 1. The van der Waals surface area contributed by atoms with Crippen molar-refractivity contribution >= 4 is 23.4 Å². The fourth-order valence-corrected chi connectivity index (χ4v) is 3.23. The molecule has 1 aromatic heterocycles. The van der Waals surface area contributed by atoms with Gasteiger partial charge in [-0.2, -0.15) is 0 Å². The molecule has 2 amide bonds. The number of hydrogen-bond donors (Lipinski definition) is 1. The number of halogens is 1. The molecule has 1 saturated heterocycles. The van der Waals surface area contributed by atoms with Crippen LogP contribution in [-0.2, 0) is 11.2 Å². The van der Waals surface area contributed by atoms with Gasteiger partial charge in [-0.3, -0.25) is 9.59 Å². The Kier molecular flexibility index (Phi) is 5.76. The zero-order chi connectivity index (χ0) is 17.6. The Balaban J connectivity index is 1.42. The van der Waals surface area contributed by atoms with Crippen molar-refractivity contribution in [2.24, 2.45) is 0 Å². The molecule has 0 atom stereocenters. The Hall–Kier alpha value is -2.27. The maximum absolute atomic E-state index is 12.4. The number of piperazine rings is 1. The molecular weight excluding hydrogens is 338 g/mol. The number of rotatable bonds is 5. The average Bonchev–Trinajstić information content (AvgIpc) is 3.08. The largest absolute Gasteiger partial charge is 0.356 e. The summed E-state index contributed by atoms with van der Waals surface area (Å²) in [7, 11) is 0. The number of aryl methyl sites for hydroxylation is 1. The molecule has 25 heavy (non-hydrogen) atoms. The lowest BCUT2D eigenvalue weighted by Gasteiger charge is -2.34. The normalized spacial score (nSPS) is 14.6. The summed E-state index contributed by atoms with van der Waals surface area (Å²) in [4.78, 5) is 31.2. The first-order valence-electron chi connectivity index (χ1n) is 8.58. The van der Waals surface area contributed by atoms with Gasteiger partial charge in [-0.05, 0) is 24.5 Å². The van der Waals surface area contributed by atoms with Crippen molar-refractivity contribution < 1.29 is 9.59 Å². The molecule has 0 spiro atoms. The molecule has 1 aliphatic rings. The first kappa shape index (κ1) is 17.5. The summed E-state index contributed by atoms with van der Waals surface area (Å²) >= 11 is 5.85. The van der Waals surface area contributed by atoms with Gasteiger partial charge in [-0.25, -0.2) is 0 Å². The number of aromatic amines is 1. The molecule has 0 radical (unpaired) electrons. The van der Waals surface area contributed by atoms with E-state index in [-0.39, 0.29) is 11.8 Å². The van der Waals surface area contributed by atoms with Crippen molar-refractivity contribution in [2.75, 3.05) is 26.2 Å². The Labute approximate surface area is 152 Å². The summed E-state index contributed by atoms with van der Waals surface area (Å²) in [5, 5.41) is 0.524. The lowest BCUT2D eigenvalue weighted by Crippen LogP contribution is -2.50. The Morgan fingerprint density at radius 1 is 1.04 bits per heavy atom. The minimum Gasteiger partial charge on any atom is -0.356 e. The topological polar surface area (TPSA) is 56.4 Å². The highest BCUT2D eigenvalue weighted by Gasteiger charge is 2.25. The third kappa shape index (κ3) is 4.63. The summed E-state index contributed by atoms with van der Waals surface area (Å²) in [6, 6.07) is 11.8. The van der Waals surface area contributed by atoms with Crippen LogP contribution < -0.4 is 0 Å². The molecule has 0 aliphatic carbocycles. The van der Waals surface area contributed by atoms with Crippen molar-refractivity contribution in [3.8, 4) is 0 Å². The number of amides is 2. The van der Waals surface area contributed by atoms with Gasteiger partial charge in [-0.15, -0.1) is 0 Å². The highest BCUT2D eigenvalue weighted by molar-refractivity contribution is 6.30. The highest BCUT2D eigenvalue weighted by atomic mass is 35.5. The zero-order valence-electron chi connectivity index (χ0n) is 14.1. The zero-order valence-corrected chi connectivity index (χ0v) is 14.8. The summed E-state index contributed by atoms with van der Waals surface area (Å²) in [5.41, 5.74) is 1.75. The van der Waals surface area contributed by atoms with Crippen LogP contribution in [0.2, 0.25) is 5.02 Å². The quantitative estimate of drug-likeness (QED) is 0.892. The Bertz CT molecular complexity index is 721. The van der Waals surface area contributed by atoms with E-state index in [0.29, 0.717) is 43.3 Å². The molecule has 3 rings (SSSR count). The molecule has 5 nitrogen and oxygen atoms in total. The van der Waals surface area contributed by atoms with Gasteiger partial charge >= 0.3 is 0 Å². The number of aromatic nitrogens is 1. The van der Waals surface area contributed by atoms with E-state index in [0.717, 1.165) is 12.8 Å². The number of hydrogen-bond acceptors (Lipinski definition) is 2. The van der Waals surface area contributed by atoms with Gasteiger partial charge in [0.25, 0.3) is 5.91 Å². The third-order valence-corrected chi connectivity index (χ3v) is 4.71. The van der Waals surface area contributed by atoms with E-state index in [1.165, 1.54) is 5.56 Å². The number of nitrogens with one attached hydrogen (secondary N) is 1. The fraction of sp³-hybridized carbons (Fsp3) is 0.368. The summed E-state index contributed by atoms with van der Waals surface area (Å²) in [6.07, 6.45) is 3.91. The lowest BCUT2D eigenvalue weighted by atomic mass is 10.1. The first-order chi connectivity index (χ1) is 12.1. The van der Waals surface area contributed by atoms with Gasteiger partial charge in [0, 0.05) is 38.8 Å². The van der Waals surface area contributed by atoms with Crippen molar-refractivity contribution in [1.29, 1.82) is 0 Å². The van der Waals surface area contributed by atoms with Gasteiger partial charge in [0.2, 0.25) is 5.91 Å². The van der Waals surface area contributed by atoms with Gasteiger partial charge < -0.3 is 14.8 Å². The predicted octanol–water partition coefficient (Wildman–Crippen LogP) is 2.98. The molecule has 6 heteroatoms. The number of carbonyl (C=O) groups excluding carboxylic acids is 2. The molecule has 2 heterocycles. The standard InChI is InChI=1S/C19H22ClN3O2/c20-16-13-17(21-14-16)19(25)23-11-9-22(10-12-23)18(24)8-4-7-15-5-2-1-3-6-15/h1-3,5-6,13-14,21H,4,7-12H2. The lowest BCUT2D eigenvalue weighted by molar-refractivity contribution is -0.132. The second-order valence-electron chi connectivity index (χ2n) is 6.24. The second kappa shape index (κ2) is 8.21. The van der Waals surface area contributed by atoms with E-state index in [2.05, 4.69) is 17.1 Å². The number of nitrogens with zero attached hydrogens (tertiary/aromatic N) is 2. The maximum atomic E-state index is 12.4. The van der Waals surface area contributed by atoms with E-state index in [1.54, 1.807) is 17.2 Å². The maximum Gasteiger partial charge on any atom is 0.270 e. The summed E-state index contributed by atoms with van der Waals surface area (Å²) < 4.78 is 0. The molecule has 2 aromatic rings. The second-order valence-corrected chi connectivity index (χ2v) is 6.68. The van der Waals surface area contributed by atoms with Crippen LogP contribution in [0.1, 0.15) is 28.9 Å². The molecule has 0 bridgehead atoms. The van der Waals surface area contributed by atoms with Crippen molar-refractivity contribution in [3.05, 3.63) is 58.9 Å². The van der Waals surface area contributed by atoms with Gasteiger partial charge in [-0.1, -0.05) is 41.9 Å². The smallest absolute Gasteiger partial charge is 0.270 e. The molecule has 132 valence electrons. The molecule has 1 N–H and O–H groups in total. The average molecular weight is 360 g/mol. The van der Waals surface area contributed by atoms with Crippen LogP contribution >= 0.6 is 11.6 Å². The van der Waals surface area contributed by atoms with Crippen LogP contribution in [0.25, 0.3) is 0 Å². The number of benzene rings is 1. The van der Waals surface area contributed by atoms with Crippen molar-refractivity contribution in [3.63, 3.8) is 0 Å². The van der Waals surface area contributed by atoms with Crippen LogP contribution in [0.5, 0.6) is 0 Å². The minimum atomic E-state index is -0.0666. The first-order valence-corrected chi connectivity index (χ1v) is 8.96. The number of carbonyl (C=O) groups is 2. The Morgan fingerprint density at radius 2 is 1.72 bits per heavy atom. The molecule has 1 aromatic carbocycles. The predicted molar refractivity (Wildman–Crippen MR) is 97.7 cm³/mol. The third-order valence-electron chi connectivity index (χ3n) is 4.50. The van der Waals surface area contributed by atoms with Crippen LogP contribution in [0.15, 0.2) is 42.6 Å². The monoisotopic (exact) mass is 359 g/mol. The van der Waals surface area contributed by atoms with E-state index in [9.17, 15) is 9.59 Å². The molecule has 1 fully saturated rings. The highest BCUT2D eigenvalue weighted by Crippen LogP contribution is 2.14. The van der Waals surface area contributed by atoms with E-state index in [4.69, 9.17) is 11.6 Å². The van der Waals surface area contributed by atoms with Crippen LogP contribution in [0, 0.1) is 0 Å². The van der Waals surface area contributed by atoms with Crippen molar-refractivity contribution in [1.82, 2.24) is 14.8 Å². The van der Waals surface area contributed by atoms with Gasteiger partial charge in [0.05, 0.1) is 5.02 Å². The van der Waals surface area contributed by atoms with Crippen molar-refractivity contribution in [2.45, 2.75) is 19.3 Å². The molecular formula is C19H22ClN3O2. The summed E-state index contributed by atoms with van der Waals surface area (Å²) in [6.45, 7) is 2.29. The Morgan fingerprint density at radius 3 is 2.36 bits per heavy atom. The van der Waals surface area contributed by atoms with Gasteiger partial charge in [0.1, 0.15) is 5.69 Å². The van der Waals surface area contributed by atoms with E-state index in [1.807, 2.05) is 23.1 Å². The van der Waals surface area contributed by atoms with Crippen LogP contribution in [0.3, 0.4) is 0 Å². The van der Waals surface area contributed by atoms with Gasteiger partial charge in [0.15, 0.2) is 0 Å². The molecule has 0 saturated carbocycles. The van der Waals surface area contributed by atoms with E-state index >= 15 is 0 Å². The minimum absolute atomic E-state index is 0.0666. The summed E-state index contributed by atoms with van der Waals surface area (Å²) in [5.74, 6) is 0.106. The van der Waals surface area contributed by atoms with Crippen LogP contribution in [-0.4, -0.2) is 52.8 Å². The van der Waals surface area contributed by atoms with E-state index < -0.39 is 0 Å². The molecule has 0 unspecified atom stereocenters. The van der Waals surface area contributed by atoms with Crippen LogP contribution in [0.4, 0.5) is 0 Å². The fourth-order valence-electron chi connectivity index (χ4n) is 3.07. The molecule has 1 aliphatic heterocycles. The SMILES string of the molecule is O=C(CCCc1ccccc1)N1CCN(C(=O)c2cc(Cl)c[nH]2)CC1.